The van der Waals surface area contributed by atoms with Crippen molar-refractivity contribution in [1.29, 1.82) is 0 Å². The van der Waals surface area contributed by atoms with Crippen molar-refractivity contribution in [3.05, 3.63) is 57.6 Å². The number of hydrogen-bond acceptors (Lipinski definition) is 3. The normalized spacial score (nSPS) is 11.6. The Morgan fingerprint density at radius 1 is 1.10 bits per heavy atom. The number of sulfone groups is 1. The minimum Gasteiger partial charge on any atom is -0.399 e. The van der Waals surface area contributed by atoms with Gasteiger partial charge in [0.05, 0.1) is 10.6 Å². The number of nitrogen functional groups attached to an aromatic ring is 1. The van der Waals surface area contributed by atoms with E-state index >= 15 is 0 Å². The van der Waals surface area contributed by atoms with Crippen LogP contribution in [-0.2, 0) is 15.6 Å². The van der Waals surface area contributed by atoms with E-state index in [0.717, 1.165) is 5.56 Å². The van der Waals surface area contributed by atoms with Crippen LogP contribution in [-0.4, -0.2) is 8.42 Å². The van der Waals surface area contributed by atoms with Gasteiger partial charge in [-0.15, -0.1) is 0 Å². The Labute approximate surface area is 128 Å². The van der Waals surface area contributed by atoms with Crippen molar-refractivity contribution >= 4 is 38.7 Å². The van der Waals surface area contributed by atoms with Gasteiger partial charge >= 0.3 is 0 Å². The third-order valence-electron chi connectivity index (χ3n) is 3.00. The van der Waals surface area contributed by atoms with Crippen molar-refractivity contribution in [2.75, 3.05) is 5.73 Å². The highest BCUT2D eigenvalue weighted by molar-refractivity contribution is 7.90. The molecule has 20 heavy (non-hydrogen) atoms. The number of halogens is 2. The van der Waals surface area contributed by atoms with Crippen LogP contribution in [0, 0.1) is 6.92 Å². The number of hydrogen-bond donors (Lipinski definition) is 1. The molecule has 3 nitrogen and oxygen atoms in total. The van der Waals surface area contributed by atoms with Gasteiger partial charge in [-0.3, -0.25) is 0 Å². The number of rotatable bonds is 3. The molecule has 0 fully saturated rings. The molecule has 0 aliphatic heterocycles. The summed E-state index contributed by atoms with van der Waals surface area (Å²) >= 11 is 12.0. The third-order valence-corrected chi connectivity index (χ3v) is 5.35. The number of aryl methyl sites for hydroxylation is 1. The lowest BCUT2D eigenvalue weighted by molar-refractivity contribution is 0.595. The fraction of sp³-hybridized carbons (Fsp3) is 0.143. The molecule has 0 aromatic heterocycles. The second kappa shape index (κ2) is 5.64. The Kier molecular flexibility index (Phi) is 4.28. The highest BCUT2D eigenvalue weighted by Gasteiger charge is 2.19. The van der Waals surface area contributed by atoms with Crippen molar-refractivity contribution in [3.8, 4) is 0 Å². The van der Waals surface area contributed by atoms with Crippen LogP contribution in [0.2, 0.25) is 10.0 Å². The van der Waals surface area contributed by atoms with E-state index in [0.29, 0.717) is 21.3 Å². The molecular weight excluding hydrogens is 317 g/mol. The third kappa shape index (κ3) is 3.08. The van der Waals surface area contributed by atoms with E-state index in [4.69, 9.17) is 28.9 Å². The molecule has 0 aliphatic rings. The standard InChI is InChI=1S/C14H13Cl2NO2S/c1-9-7-10(5-6-14(9)17)20(18,19)8-11-12(15)3-2-4-13(11)16/h2-7H,8,17H2,1H3. The largest absolute Gasteiger partial charge is 0.399 e. The lowest BCUT2D eigenvalue weighted by Gasteiger charge is -2.09. The zero-order chi connectivity index (χ0) is 14.9. The SMILES string of the molecule is Cc1cc(S(=O)(=O)Cc2c(Cl)cccc2Cl)ccc1N. The predicted octanol–water partition coefficient (Wildman–Crippen LogP) is 3.86. The van der Waals surface area contributed by atoms with Crippen LogP contribution in [0.5, 0.6) is 0 Å². The second-order valence-electron chi connectivity index (χ2n) is 4.48. The average Bonchev–Trinajstić information content (AvgIpc) is 2.37. The molecule has 0 heterocycles. The molecule has 2 rings (SSSR count). The van der Waals surface area contributed by atoms with Crippen molar-refractivity contribution < 1.29 is 8.42 Å². The smallest absolute Gasteiger partial charge is 0.182 e. The van der Waals surface area contributed by atoms with E-state index in [2.05, 4.69) is 0 Å². The Morgan fingerprint density at radius 2 is 1.70 bits per heavy atom. The summed E-state index contributed by atoms with van der Waals surface area (Å²) in [4.78, 5) is 0.209. The molecule has 0 spiro atoms. The van der Waals surface area contributed by atoms with Crippen LogP contribution in [0.1, 0.15) is 11.1 Å². The Balaban J connectivity index is 2.43. The van der Waals surface area contributed by atoms with Gasteiger partial charge < -0.3 is 5.73 Å². The second-order valence-corrected chi connectivity index (χ2v) is 7.28. The fourth-order valence-corrected chi connectivity index (χ4v) is 3.96. The van der Waals surface area contributed by atoms with Crippen molar-refractivity contribution in [1.82, 2.24) is 0 Å². The maximum Gasteiger partial charge on any atom is 0.182 e. The van der Waals surface area contributed by atoms with E-state index < -0.39 is 9.84 Å². The highest BCUT2D eigenvalue weighted by atomic mass is 35.5. The summed E-state index contributed by atoms with van der Waals surface area (Å²) in [5.41, 5.74) is 7.38. The van der Waals surface area contributed by atoms with Crippen molar-refractivity contribution in [2.24, 2.45) is 0 Å². The van der Waals surface area contributed by atoms with E-state index in [1.165, 1.54) is 6.07 Å². The summed E-state index contributed by atoms with van der Waals surface area (Å²) in [6.07, 6.45) is 0. The van der Waals surface area contributed by atoms with Gasteiger partial charge in [0.2, 0.25) is 0 Å². The summed E-state index contributed by atoms with van der Waals surface area (Å²) in [5.74, 6) is -0.241. The van der Waals surface area contributed by atoms with E-state index in [1.807, 2.05) is 0 Å². The molecule has 0 radical (unpaired) electrons. The minimum absolute atomic E-state index is 0.209. The molecule has 0 saturated carbocycles. The van der Waals surface area contributed by atoms with Gasteiger partial charge in [0.15, 0.2) is 9.84 Å². The van der Waals surface area contributed by atoms with Crippen LogP contribution in [0.25, 0.3) is 0 Å². The summed E-state index contributed by atoms with van der Waals surface area (Å²) < 4.78 is 24.8. The van der Waals surface area contributed by atoms with Gasteiger partial charge in [-0.25, -0.2) is 8.42 Å². The first-order valence-corrected chi connectivity index (χ1v) is 8.24. The Morgan fingerprint density at radius 3 is 2.25 bits per heavy atom. The number of nitrogens with two attached hydrogens (primary N) is 1. The molecule has 2 N–H and O–H groups in total. The minimum atomic E-state index is -3.52. The molecule has 106 valence electrons. The lowest BCUT2D eigenvalue weighted by atomic mass is 10.2. The van der Waals surface area contributed by atoms with Crippen molar-refractivity contribution in [2.45, 2.75) is 17.6 Å². The first-order chi connectivity index (χ1) is 9.31. The highest BCUT2D eigenvalue weighted by Crippen LogP contribution is 2.29. The van der Waals surface area contributed by atoms with E-state index in [-0.39, 0.29) is 10.6 Å². The van der Waals surface area contributed by atoms with Gasteiger partial charge in [-0.05, 0) is 42.8 Å². The first kappa shape index (κ1) is 15.2. The summed E-state index contributed by atoms with van der Waals surface area (Å²) in [6.45, 7) is 1.76. The zero-order valence-corrected chi connectivity index (χ0v) is 13.1. The lowest BCUT2D eigenvalue weighted by Crippen LogP contribution is -2.07. The van der Waals surface area contributed by atoms with Gasteiger partial charge in [-0.2, -0.15) is 0 Å². The molecule has 0 unspecified atom stereocenters. The van der Waals surface area contributed by atoms with Crippen LogP contribution in [0.4, 0.5) is 5.69 Å². The van der Waals surface area contributed by atoms with Crippen LogP contribution in [0.3, 0.4) is 0 Å². The van der Waals surface area contributed by atoms with Gasteiger partial charge in [-0.1, -0.05) is 29.3 Å². The van der Waals surface area contributed by atoms with Crippen LogP contribution >= 0.6 is 23.2 Å². The predicted molar refractivity (Wildman–Crippen MR) is 82.9 cm³/mol. The monoisotopic (exact) mass is 329 g/mol. The average molecular weight is 330 g/mol. The van der Waals surface area contributed by atoms with E-state index in [1.54, 1.807) is 37.3 Å². The summed E-state index contributed by atoms with van der Waals surface area (Å²) in [6, 6.07) is 9.53. The molecule has 0 saturated heterocycles. The molecule has 2 aromatic rings. The Hall–Kier alpha value is -1.23. The van der Waals surface area contributed by atoms with Gasteiger partial charge in [0.1, 0.15) is 0 Å². The first-order valence-electron chi connectivity index (χ1n) is 5.83. The molecule has 6 heteroatoms. The molecule has 0 amide bonds. The fourth-order valence-electron chi connectivity index (χ4n) is 1.79. The van der Waals surface area contributed by atoms with Gasteiger partial charge in [0, 0.05) is 21.3 Å². The van der Waals surface area contributed by atoms with Gasteiger partial charge in [0.25, 0.3) is 0 Å². The molecule has 0 aliphatic carbocycles. The summed E-state index contributed by atoms with van der Waals surface area (Å²) in [7, 11) is -3.52. The zero-order valence-electron chi connectivity index (χ0n) is 10.7. The topological polar surface area (TPSA) is 60.2 Å². The molecule has 2 aromatic carbocycles. The Bertz CT molecular complexity index is 738. The number of anilines is 1. The maximum absolute atomic E-state index is 12.4. The number of benzene rings is 2. The van der Waals surface area contributed by atoms with E-state index in [9.17, 15) is 8.42 Å². The van der Waals surface area contributed by atoms with Crippen LogP contribution in [0.15, 0.2) is 41.3 Å². The molecular formula is C14H13Cl2NO2S. The van der Waals surface area contributed by atoms with Crippen LogP contribution < -0.4 is 5.73 Å². The quantitative estimate of drug-likeness (QED) is 0.870. The molecule has 0 atom stereocenters. The van der Waals surface area contributed by atoms with Crippen molar-refractivity contribution in [3.63, 3.8) is 0 Å². The molecule has 0 bridgehead atoms. The summed E-state index contributed by atoms with van der Waals surface area (Å²) in [5, 5.41) is 0.682. The maximum atomic E-state index is 12.4.